The quantitative estimate of drug-likeness (QED) is 0.372. The van der Waals surface area contributed by atoms with Gasteiger partial charge in [0.15, 0.2) is 0 Å². The van der Waals surface area contributed by atoms with E-state index in [0.29, 0.717) is 59.7 Å². The first kappa shape index (κ1) is 27.4. The van der Waals surface area contributed by atoms with E-state index in [0.717, 1.165) is 36.0 Å². The number of aryl methyl sites for hydroxylation is 1. The van der Waals surface area contributed by atoms with Crippen molar-refractivity contribution in [3.8, 4) is 17.0 Å². The number of nitrogens with one attached hydrogen (secondary N) is 2. The largest absolute Gasteiger partial charge is 0.497 e. The molecule has 6 rings (SSSR count). The van der Waals surface area contributed by atoms with Gasteiger partial charge in [-0.1, -0.05) is 29.8 Å². The van der Waals surface area contributed by atoms with Crippen LogP contribution in [0.5, 0.6) is 5.75 Å². The highest BCUT2D eigenvalue weighted by molar-refractivity contribution is 6.33. The molecule has 214 valence electrons. The Morgan fingerprint density at radius 2 is 2.02 bits per heavy atom. The zero-order valence-electron chi connectivity index (χ0n) is 22.8. The molecule has 0 unspecified atom stereocenters. The van der Waals surface area contributed by atoms with Crippen LogP contribution >= 0.6 is 11.6 Å². The van der Waals surface area contributed by atoms with Crippen molar-refractivity contribution in [1.29, 1.82) is 0 Å². The lowest BCUT2D eigenvalue weighted by Crippen LogP contribution is -2.50. The van der Waals surface area contributed by atoms with Gasteiger partial charge in [-0.05, 0) is 60.6 Å². The lowest BCUT2D eigenvalue weighted by molar-refractivity contribution is -0.124. The number of aromatic nitrogens is 2. The van der Waals surface area contributed by atoms with Crippen molar-refractivity contribution in [3.63, 3.8) is 0 Å². The maximum atomic E-state index is 13.4. The van der Waals surface area contributed by atoms with Crippen LogP contribution in [0.1, 0.15) is 46.3 Å². The summed E-state index contributed by atoms with van der Waals surface area (Å²) >= 11 is 6.47. The summed E-state index contributed by atoms with van der Waals surface area (Å²) in [6.07, 6.45) is 4.61. The van der Waals surface area contributed by atoms with Crippen molar-refractivity contribution in [3.05, 3.63) is 69.9 Å². The van der Waals surface area contributed by atoms with Crippen molar-refractivity contribution in [2.45, 2.75) is 43.8 Å². The molecule has 3 heterocycles. The molecular weight excluding hydrogens is 546 g/mol. The van der Waals surface area contributed by atoms with Gasteiger partial charge in [-0.25, -0.2) is 9.97 Å². The van der Waals surface area contributed by atoms with Crippen LogP contribution in [-0.4, -0.2) is 71.3 Å². The third kappa shape index (κ3) is 5.35. The van der Waals surface area contributed by atoms with Gasteiger partial charge in [-0.15, -0.1) is 0 Å². The summed E-state index contributed by atoms with van der Waals surface area (Å²) in [4.78, 5) is 37.1. The molecule has 1 atom stereocenters. The van der Waals surface area contributed by atoms with Crippen molar-refractivity contribution >= 4 is 29.4 Å². The Labute approximate surface area is 243 Å². The van der Waals surface area contributed by atoms with Crippen LogP contribution in [0.15, 0.2) is 42.6 Å². The number of carbonyl (C=O) groups is 2. The van der Waals surface area contributed by atoms with Crippen LogP contribution in [0.2, 0.25) is 5.02 Å². The highest BCUT2D eigenvalue weighted by atomic mass is 35.5. The zero-order chi connectivity index (χ0) is 28.6. The molecule has 2 aliphatic heterocycles. The van der Waals surface area contributed by atoms with Gasteiger partial charge in [0.05, 0.1) is 36.2 Å². The summed E-state index contributed by atoms with van der Waals surface area (Å²) in [5, 5.41) is 17.1. The maximum Gasteiger partial charge on any atom is 0.254 e. The molecule has 0 saturated carbocycles. The Balaban J connectivity index is 1.16. The molecule has 3 aliphatic rings. The number of carbonyl (C=O) groups excluding carboxylic acids is 2. The minimum atomic E-state index is -0.913. The molecule has 1 aliphatic carbocycles. The molecule has 0 bridgehead atoms. The van der Waals surface area contributed by atoms with Crippen LogP contribution in [0, 0.1) is 0 Å². The number of anilines is 1. The summed E-state index contributed by atoms with van der Waals surface area (Å²) in [5.74, 6) is 0.562. The molecule has 1 fully saturated rings. The standard InChI is InChI=1S/C30H32ClN5O5/c1-40-22-5-4-18-6-9-30(17-37,24(18)13-22)35-26(38)16-36-15-20-3-2-19(12-23(20)28(36)39)27-25(31)14-32-29(34-27)33-21-7-10-41-11-8-21/h2-5,12-14,21,37H,6-11,15-17H2,1H3,(H,35,38)(H,32,33,34)/t30-/m1/s1. The van der Waals surface area contributed by atoms with Crippen LogP contribution in [-0.2, 0) is 28.0 Å². The van der Waals surface area contributed by atoms with E-state index in [-0.39, 0.29) is 31.0 Å². The summed E-state index contributed by atoms with van der Waals surface area (Å²) < 4.78 is 10.8. The minimum Gasteiger partial charge on any atom is -0.497 e. The molecule has 0 spiro atoms. The van der Waals surface area contributed by atoms with E-state index in [1.54, 1.807) is 19.4 Å². The fraction of sp³-hybridized carbons (Fsp3) is 0.400. The van der Waals surface area contributed by atoms with Gasteiger partial charge in [0, 0.05) is 36.9 Å². The topological polar surface area (TPSA) is 126 Å². The summed E-state index contributed by atoms with van der Waals surface area (Å²) in [5.41, 5.74) is 3.56. The third-order valence-electron chi connectivity index (χ3n) is 8.20. The molecule has 1 saturated heterocycles. The van der Waals surface area contributed by atoms with Crippen LogP contribution in [0.3, 0.4) is 0 Å². The Kier molecular flexibility index (Phi) is 7.54. The fourth-order valence-corrected chi connectivity index (χ4v) is 6.14. The van der Waals surface area contributed by atoms with E-state index in [9.17, 15) is 14.7 Å². The number of aliphatic hydroxyl groups excluding tert-OH is 1. The summed E-state index contributed by atoms with van der Waals surface area (Å²) in [6.45, 7) is 1.33. The molecular formula is C30H32ClN5O5. The Hall–Kier alpha value is -3.73. The average molecular weight is 578 g/mol. The predicted molar refractivity (Wildman–Crippen MR) is 153 cm³/mol. The summed E-state index contributed by atoms with van der Waals surface area (Å²) in [7, 11) is 1.58. The first-order valence-electron chi connectivity index (χ1n) is 13.8. The number of methoxy groups -OCH3 is 1. The van der Waals surface area contributed by atoms with Crippen molar-refractivity contribution < 1.29 is 24.2 Å². The SMILES string of the molecule is COc1ccc2c(c1)[C@@](CO)(NC(=O)CN1Cc3ccc(-c4nc(NC5CCOCC5)ncc4Cl)cc3C1=O)CC2. The normalized spacial score (nSPS) is 20.1. The van der Waals surface area contributed by atoms with Gasteiger partial charge in [-0.2, -0.15) is 0 Å². The highest BCUT2D eigenvalue weighted by Gasteiger charge is 2.41. The number of halogens is 1. The van der Waals surface area contributed by atoms with Gasteiger partial charge in [-0.3, -0.25) is 9.59 Å². The number of ether oxygens (including phenoxy) is 2. The van der Waals surface area contributed by atoms with Gasteiger partial charge < -0.3 is 30.1 Å². The monoisotopic (exact) mass is 577 g/mol. The minimum absolute atomic E-state index is 0.128. The number of nitrogens with zero attached hydrogens (tertiary/aromatic N) is 3. The van der Waals surface area contributed by atoms with Gasteiger partial charge in [0.2, 0.25) is 11.9 Å². The number of hydrogen-bond acceptors (Lipinski definition) is 8. The number of fused-ring (bicyclic) bond motifs is 2. The van der Waals surface area contributed by atoms with Crippen LogP contribution in [0.25, 0.3) is 11.3 Å². The van der Waals surface area contributed by atoms with Crippen molar-refractivity contribution in [1.82, 2.24) is 20.2 Å². The smallest absolute Gasteiger partial charge is 0.254 e. The number of aliphatic hydroxyl groups is 1. The second kappa shape index (κ2) is 11.3. The van der Waals surface area contributed by atoms with E-state index < -0.39 is 5.54 Å². The Morgan fingerprint density at radius 3 is 2.80 bits per heavy atom. The van der Waals surface area contributed by atoms with E-state index in [1.807, 2.05) is 30.3 Å². The molecule has 10 nitrogen and oxygen atoms in total. The molecule has 2 amide bonds. The number of benzene rings is 2. The van der Waals surface area contributed by atoms with E-state index in [4.69, 9.17) is 21.1 Å². The maximum absolute atomic E-state index is 13.4. The van der Waals surface area contributed by atoms with Gasteiger partial charge in [0.25, 0.3) is 5.91 Å². The van der Waals surface area contributed by atoms with E-state index >= 15 is 0 Å². The molecule has 1 aromatic heterocycles. The van der Waals surface area contributed by atoms with Gasteiger partial charge in [0.1, 0.15) is 12.3 Å². The summed E-state index contributed by atoms with van der Waals surface area (Å²) in [6, 6.07) is 11.5. The molecule has 11 heteroatoms. The van der Waals surface area contributed by atoms with Crippen molar-refractivity contribution in [2.75, 3.05) is 38.8 Å². The van der Waals surface area contributed by atoms with E-state index in [1.165, 1.54) is 4.90 Å². The van der Waals surface area contributed by atoms with Crippen LogP contribution < -0.4 is 15.4 Å². The number of rotatable bonds is 8. The Bertz CT molecular complexity index is 1490. The Morgan fingerprint density at radius 1 is 1.22 bits per heavy atom. The fourth-order valence-electron chi connectivity index (χ4n) is 5.94. The highest BCUT2D eigenvalue weighted by Crippen LogP contribution is 2.39. The second-order valence-corrected chi connectivity index (χ2v) is 11.2. The molecule has 41 heavy (non-hydrogen) atoms. The lowest BCUT2D eigenvalue weighted by Gasteiger charge is -2.30. The molecule has 2 aromatic carbocycles. The predicted octanol–water partition coefficient (Wildman–Crippen LogP) is 3.30. The van der Waals surface area contributed by atoms with Gasteiger partial charge >= 0.3 is 0 Å². The first-order chi connectivity index (χ1) is 19.9. The number of amides is 2. The molecule has 0 radical (unpaired) electrons. The third-order valence-corrected chi connectivity index (χ3v) is 8.47. The molecule has 3 N–H and O–H groups in total. The molecule has 3 aromatic rings. The zero-order valence-corrected chi connectivity index (χ0v) is 23.5. The first-order valence-corrected chi connectivity index (χ1v) is 14.2. The van der Waals surface area contributed by atoms with Crippen LogP contribution in [0.4, 0.5) is 5.95 Å². The second-order valence-electron chi connectivity index (χ2n) is 10.8. The van der Waals surface area contributed by atoms with E-state index in [2.05, 4.69) is 20.6 Å². The average Bonchev–Trinajstić information content (AvgIpc) is 3.50. The lowest BCUT2D eigenvalue weighted by atomic mass is 9.92. The van der Waals surface area contributed by atoms with Crippen molar-refractivity contribution in [2.24, 2.45) is 0 Å². The number of hydrogen-bond donors (Lipinski definition) is 3.